The van der Waals surface area contributed by atoms with Crippen LogP contribution in [0.4, 0.5) is 0 Å². The fourth-order valence-electron chi connectivity index (χ4n) is 0.721. The maximum atomic E-state index is 2.48. The van der Waals surface area contributed by atoms with Crippen LogP contribution in [0.1, 0.15) is 33.6 Å². The highest BCUT2D eigenvalue weighted by Crippen LogP contribution is 2.14. The second-order valence-electron chi connectivity index (χ2n) is 2.53. The molecule has 0 heterocycles. The smallest absolute Gasteiger partial charge is 0.00838 e. The van der Waals surface area contributed by atoms with Gasteiger partial charge in [-0.25, -0.2) is 0 Å². The molecule has 0 rings (SSSR count). The van der Waals surface area contributed by atoms with E-state index < -0.39 is 0 Å². The predicted molar refractivity (Wildman–Crippen MR) is 47.6 cm³/mol. The molecule has 0 spiro atoms. The fourth-order valence-corrected chi connectivity index (χ4v) is 1.59. The Bertz CT molecular complexity index is 50.3. The van der Waals surface area contributed by atoms with E-state index in [0.29, 0.717) is 0 Å². The predicted octanol–water partition coefficient (Wildman–Crippen LogP) is 3.25. The minimum Gasteiger partial charge on any atom is -0.0829 e. The molecule has 2 atom stereocenters. The van der Waals surface area contributed by atoms with Crippen LogP contribution in [-0.2, 0) is 0 Å². The van der Waals surface area contributed by atoms with Crippen molar-refractivity contribution in [1.82, 2.24) is 0 Å². The maximum Gasteiger partial charge on any atom is 0.00838 e. The van der Waals surface area contributed by atoms with Gasteiger partial charge in [-0.2, -0.15) is 0 Å². The molecule has 0 aromatic heterocycles. The molecule has 2 unspecified atom stereocenters. The van der Waals surface area contributed by atoms with Crippen molar-refractivity contribution in [2.75, 3.05) is 0 Å². The quantitative estimate of drug-likeness (QED) is 0.511. The highest BCUT2D eigenvalue weighted by molar-refractivity contribution is 14.1. The average molecular weight is 226 g/mol. The van der Waals surface area contributed by atoms with Crippen molar-refractivity contribution < 1.29 is 0 Å². The van der Waals surface area contributed by atoms with Gasteiger partial charge in [0, 0.05) is 3.92 Å². The number of alkyl halides is 1. The Balaban J connectivity index is 3.10. The SMILES string of the molecule is CCC(C)CC(C)I. The van der Waals surface area contributed by atoms with E-state index in [1.165, 1.54) is 12.8 Å². The number of hydrogen-bond donors (Lipinski definition) is 0. The standard InChI is InChI=1S/C7H15I/c1-4-6(2)5-7(3)8/h6-7H,4-5H2,1-3H3. The van der Waals surface area contributed by atoms with E-state index in [2.05, 4.69) is 43.4 Å². The minimum atomic E-state index is 0.850. The number of rotatable bonds is 3. The lowest BCUT2D eigenvalue weighted by Gasteiger charge is -2.08. The molecule has 0 aromatic rings. The van der Waals surface area contributed by atoms with Crippen molar-refractivity contribution in [1.29, 1.82) is 0 Å². The molecule has 0 aliphatic carbocycles. The molecule has 0 saturated carbocycles. The number of halogens is 1. The summed E-state index contributed by atoms with van der Waals surface area (Å²) in [5.74, 6) is 0.918. The van der Waals surface area contributed by atoms with Crippen LogP contribution in [0.25, 0.3) is 0 Å². The van der Waals surface area contributed by atoms with E-state index in [4.69, 9.17) is 0 Å². The third-order valence-corrected chi connectivity index (χ3v) is 1.93. The van der Waals surface area contributed by atoms with Gasteiger partial charge in [-0.05, 0) is 12.3 Å². The summed E-state index contributed by atoms with van der Waals surface area (Å²) < 4.78 is 0.850. The van der Waals surface area contributed by atoms with Crippen LogP contribution in [-0.4, -0.2) is 3.92 Å². The van der Waals surface area contributed by atoms with Gasteiger partial charge in [0.25, 0.3) is 0 Å². The molecule has 0 aliphatic heterocycles. The topological polar surface area (TPSA) is 0 Å². The van der Waals surface area contributed by atoms with E-state index in [1.54, 1.807) is 0 Å². The van der Waals surface area contributed by atoms with Gasteiger partial charge < -0.3 is 0 Å². The van der Waals surface area contributed by atoms with Gasteiger partial charge in [-0.3, -0.25) is 0 Å². The summed E-state index contributed by atoms with van der Waals surface area (Å²) in [6, 6.07) is 0. The molecule has 0 nitrogen and oxygen atoms in total. The van der Waals surface area contributed by atoms with Crippen LogP contribution in [0.5, 0.6) is 0 Å². The normalized spacial score (nSPS) is 18.0. The summed E-state index contributed by atoms with van der Waals surface area (Å²) in [6.45, 7) is 6.84. The zero-order valence-corrected chi connectivity index (χ0v) is 8.10. The van der Waals surface area contributed by atoms with Crippen LogP contribution in [0.2, 0.25) is 0 Å². The van der Waals surface area contributed by atoms with Crippen LogP contribution in [0.3, 0.4) is 0 Å². The molecule has 1 heteroatoms. The average Bonchev–Trinajstić information content (AvgIpc) is 1.65. The monoisotopic (exact) mass is 226 g/mol. The van der Waals surface area contributed by atoms with Gasteiger partial charge in [0.05, 0.1) is 0 Å². The summed E-state index contributed by atoms with van der Waals surface area (Å²) >= 11 is 2.48. The minimum absolute atomic E-state index is 0.850. The van der Waals surface area contributed by atoms with Crippen molar-refractivity contribution in [3.8, 4) is 0 Å². The lowest BCUT2D eigenvalue weighted by atomic mass is 10.0. The third kappa shape index (κ3) is 4.88. The van der Waals surface area contributed by atoms with Crippen molar-refractivity contribution in [2.45, 2.75) is 37.5 Å². The summed E-state index contributed by atoms with van der Waals surface area (Å²) in [7, 11) is 0. The first-order chi connectivity index (χ1) is 3.66. The lowest BCUT2D eigenvalue weighted by Crippen LogP contribution is -1.99. The van der Waals surface area contributed by atoms with Crippen molar-refractivity contribution in [2.24, 2.45) is 5.92 Å². The summed E-state index contributed by atoms with van der Waals surface area (Å²) in [6.07, 6.45) is 2.70. The molecule has 50 valence electrons. The molecule has 0 aliphatic rings. The lowest BCUT2D eigenvalue weighted by molar-refractivity contribution is 0.522. The van der Waals surface area contributed by atoms with Crippen LogP contribution in [0, 0.1) is 5.92 Å². The Morgan fingerprint density at radius 1 is 1.38 bits per heavy atom. The third-order valence-electron chi connectivity index (χ3n) is 1.42. The molecule has 0 aromatic carbocycles. The van der Waals surface area contributed by atoms with Crippen molar-refractivity contribution in [3.05, 3.63) is 0 Å². The summed E-state index contributed by atoms with van der Waals surface area (Å²) in [4.78, 5) is 0. The highest BCUT2D eigenvalue weighted by atomic mass is 127. The molecule has 0 saturated heterocycles. The molecule has 0 fully saturated rings. The molecular formula is C7H15I. The first-order valence-electron chi connectivity index (χ1n) is 3.30. The first-order valence-corrected chi connectivity index (χ1v) is 4.55. The van der Waals surface area contributed by atoms with Gasteiger partial charge >= 0.3 is 0 Å². The van der Waals surface area contributed by atoms with Crippen molar-refractivity contribution in [3.63, 3.8) is 0 Å². The zero-order valence-electron chi connectivity index (χ0n) is 5.95. The number of hydrogen-bond acceptors (Lipinski definition) is 0. The summed E-state index contributed by atoms with van der Waals surface area (Å²) in [5.41, 5.74) is 0. The van der Waals surface area contributed by atoms with E-state index in [9.17, 15) is 0 Å². The second-order valence-corrected chi connectivity index (χ2v) is 4.66. The van der Waals surface area contributed by atoms with Crippen LogP contribution in [0.15, 0.2) is 0 Å². The Kier molecular flexibility index (Phi) is 5.01. The van der Waals surface area contributed by atoms with Gasteiger partial charge in [-0.15, -0.1) is 0 Å². The van der Waals surface area contributed by atoms with E-state index in [-0.39, 0.29) is 0 Å². The molecule has 0 N–H and O–H groups in total. The summed E-state index contributed by atoms with van der Waals surface area (Å²) in [5, 5.41) is 0. The van der Waals surface area contributed by atoms with E-state index in [1.807, 2.05) is 0 Å². The van der Waals surface area contributed by atoms with Crippen LogP contribution >= 0.6 is 22.6 Å². The second kappa shape index (κ2) is 4.59. The van der Waals surface area contributed by atoms with Gasteiger partial charge in [0.1, 0.15) is 0 Å². The highest BCUT2D eigenvalue weighted by Gasteiger charge is 2.01. The van der Waals surface area contributed by atoms with Crippen LogP contribution < -0.4 is 0 Å². The Hall–Kier alpha value is 0.730. The Labute approximate surface area is 66.2 Å². The molecule has 8 heavy (non-hydrogen) atoms. The molecule has 0 amide bonds. The Morgan fingerprint density at radius 3 is 2.00 bits per heavy atom. The largest absolute Gasteiger partial charge is 0.0829 e. The van der Waals surface area contributed by atoms with Gasteiger partial charge in [0.2, 0.25) is 0 Å². The molecule has 0 radical (unpaired) electrons. The molecular weight excluding hydrogens is 211 g/mol. The fraction of sp³-hybridized carbons (Fsp3) is 1.00. The van der Waals surface area contributed by atoms with Crippen molar-refractivity contribution >= 4 is 22.6 Å². The van der Waals surface area contributed by atoms with E-state index >= 15 is 0 Å². The van der Waals surface area contributed by atoms with E-state index in [0.717, 1.165) is 9.84 Å². The van der Waals surface area contributed by atoms with Gasteiger partial charge in [0.15, 0.2) is 0 Å². The molecule has 0 bridgehead atoms. The Morgan fingerprint density at radius 2 is 1.88 bits per heavy atom. The zero-order chi connectivity index (χ0) is 6.57. The maximum absolute atomic E-state index is 2.48. The first kappa shape index (κ1) is 8.73. The van der Waals surface area contributed by atoms with Gasteiger partial charge in [-0.1, -0.05) is 49.8 Å².